The molecule has 0 fully saturated rings. The number of hydrogen-bond acceptors (Lipinski definition) is 3. The zero-order valence-corrected chi connectivity index (χ0v) is 13.2. The van der Waals surface area contributed by atoms with Crippen LogP contribution >= 0.6 is 0 Å². The van der Waals surface area contributed by atoms with Crippen LogP contribution in [-0.4, -0.2) is 18.0 Å². The maximum absolute atomic E-state index is 13.2. The number of carbonyl (C=O) groups excluding carboxylic acids is 1. The average molecular weight is 344 g/mol. The lowest BCUT2D eigenvalue weighted by Crippen LogP contribution is -2.26. The SMILES string of the molecule is COc1ccc2[nH]c(=O)c(CNC(=O)c3ccc(F)c(F)c3)cc2c1. The lowest BCUT2D eigenvalue weighted by molar-refractivity contribution is 0.0950. The van der Waals surface area contributed by atoms with E-state index in [1.165, 1.54) is 13.2 Å². The predicted octanol–water partition coefficient (Wildman–Crippen LogP) is 2.74. The van der Waals surface area contributed by atoms with Gasteiger partial charge in [-0.2, -0.15) is 0 Å². The predicted molar refractivity (Wildman–Crippen MR) is 88.6 cm³/mol. The standard InChI is InChI=1S/C18H14F2N2O3/c1-25-13-3-5-16-11(7-13)6-12(18(24)22-16)9-21-17(23)10-2-4-14(19)15(20)8-10/h2-8H,9H2,1H3,(H,21,23)(H,22,24). The fraction of sp³-hybridized carbons (Fsp3) is 0.111. The van der Waals surface area contributed by atoms with Crippen LogP contribution < -0.4 is 15.6 Å². The smallest absolute Gasteiger partial charge is 0.253 e. The number of methoxy groups -OCH3 is 1. The van der Waals surface area contributed by atoms with E-state index in [-0.39, 0.29) is 17.7 Å². The van der Waals surface area contributed by atoms with Crippen LogP contribution in [0.3, 0.4) is 0 Å². The minimum Gasteiger partial charge on any atom is -0.497 e. The van der Waals surface area contributed by atoms with Crippen LogP contribution in [0.5, 0.6) is 5.75 Å². The van der Waals surface area contributed by atoms with E-state index >= 15 is 0 Å². The van der Waals surface area contributed by atoms with Crippen molar-refractivity contribution in [2.45, 2.75) is 6.54 Å². The molecule has 25 heavy (non-hydrogen) atoms. The van der Waals surface area contributed by atoms with Crippen LogP contribution in [0.2, 0.25) is 0 Å². The number of nitrogens with one attached hydrogen (secondary N) is 2. The normalized spacial score (nSPS) is 10.7. The van der Waals surface area contributed by atoms with Crippen molar-refractivity contribution >= 4 is 16.8 Å². The Morgan fingerprint density at radius 3 is 2.64 bits per heavy atom. The Balaban J connectivity index is 1.82. The molecule has 2 N–H and O–H groups in total. The van der Waals surface area contributed by atoms with E-state index in [1.54, 1.807) is 24.3 Å². The summed E-state index contributed by atoms with van der Waals surface area (Å²) in [4.78, 5) is 26.8. The Kier molecular flexibility index (Phi) is 4.47. The number of benzene rings is 2. The molecule has 2 aromatic carbocycles. The quantitative estimate of drug-likeness (QED) is 0.764. The summed E-state index contributed by atoms with van der Waals surface area (Å²) in [7, 11) is 1.54. The molecule has 1 amide bonds. The van der Waals surface area contributed by atoms with E-state index in [0.717, 1.165) is 17.5 Å². The van der Waals surface area contributed by atoms with Crippen LogP contribution in [0.4, 0.5) is 8.78 Å². The van der Waals surface area contributed by atoms with Gasteiger partial charge in [0.25, 0.3) is 11.5 Å². The van der Waals surface area contributed by atoms with Gasteiger partial charge in [-0.3, -0.25) is 9.59 Å². The van der Waals surface area contributed by atoms with Crippen LogP contribution in [0.1, 0.15) is 15.9 Å². The molecule has 5 nitrogen and oxygen atoms in total. The van der Waals surface area contributed by atoms with Crippen molar-refractivity contribution < 1.29 is 18.3 Å². The first-order valence-corrected chi connectivity index (χ1v) is 7.41. The van der Waals surface area contributed by atoms with Gasteiger partial charge in [-0.1, -0.05) is 0 Å². The number of pyridine rings is 1. The highest BCUT2D eigenvalue weighted by molar-refractivity contribution is 5.94. The number of amides is 1. The summed E-state index contributed by atoms with van der Waals surface area (Å²) in [5.74, 6) is -2.11. The zero-order valence-electron chi connectivity index (χ0n) is 13.2. The zero-order chi connectivity index (χ0) is 18.0. The molecule has 0 saturated carbocycles. The van der Waals surface area contributed by atoms with E-state index < -0.39 is 17.5 Å². The lowest BCUT2D eigenvalue weighted by atomic mass is 10.1. The van der Waals surface area contributed by atoms with Crippen molar-refractivity contribution in [1.82, 2.24) is 10.3 Å². The van der Waals surface area contributed by atoms with Gasteiger partial charge < -0.3 is 15.0 Å². The fourth-order valence-corrected chi connectivity index (χ4v) is 2.40. The van der Waals surface area contributed by atoms with Gasteiger partial charge in [0.2, 0.25) is 0 Å². The van der Waals surface area contributed by atoms with Crippen molar-refractivity contribution in [1.29, 1.82) is 0 Å². The van der Waals surface area contributed by atoms with Gasteiger partial charge in [0.15, 0.2) is 11.6 Å². The highest BCUT2D eigenvalue weighted by atomic mass is 19.2. The maximum atomic E-state index is 13.2. The third-order valence-corrected chi connectivity index (χ3v) is 3.75. The Labute approximate surface area is 141 Å². The van der Waals surface area contributed by atoms with Gasteiger partial charge in [0, 0.05) is 28.6 Å². The highest BCUT2D eigenvalue weighted by Crippen LogP contribution is 2.18. The molecule has 0 unspecified atom stereocenters. The number of halogens is 2. The molecule has 1 heterocycles. The van der Waals surface area contributed by atoms with E-state index in [9.17, 15) is 18.4 Å². The number of rotatable bonds is 4. The average Bonchev–Trinajstić information content (AvgIpc) is 2.61. The molecule has 0 radical (unpaired) electrons. The van der Waals surface area contributed by atoms with E-state index in [1.807, 2.05) is 0 Å². The topological polar surface area (TPSA) is 71.2 Å². The molecule has 0 bridgehead atoms. The van der Waals surface area contributed by atoms with Crippen LogP contribution in [0.15, 0.2) is 47.3 Å². The molecular formula is C18H14F2N2O3. The minimum atomic E-state index is -1.11. The summed E-state index contributed by atoms with van der Waals surface area (Å²) in [6, 6.07) is 9.69. The summed E-state index contributed by atoms with van der Waals surface area (Å²) >= 11 is 0. The summed E-state index contributed by atoms with van der Waals surface area (Å²) in [6.45, 7) is -0.0552. The number of aromatic nitrogens is 1. The minimum absolute atomic E-state index is 0.0298. The van der Waals surface area contributed by atoms with Crippen LogP contribution in [0, 0.1) is 11.6 Å². The van der Waals surface area contributed by atoms with Crippen LogP contribution in [-0.2, 0) is 6.54 Å². The van der Waals surface area contributed by atoms with Gasteiger partial charge in [0.1, 0.15) is 5.75 Å². The highest BCUT2D eigenvalue weighted by Gasteiger charge is 2.11. The monoisotopic (exact) mass is 344 g/mol. The van der Waals surface area contributed by atoms with Crippen molar-refractivity contribution in [2.75, 3.05) is 7.11 Å². The Morgan fingerprint density at radius 1 is 1.12 bits per heavy atom. The van der Waals surface area contributed by atoms with Crippen molar-refractivity contribution in [3.05, 3.63) is 75.6 Å². The third-order valence-electron chi connectivity index (χ3n) is 3.75. The second-order valence-electron chi connectivity index (χ2n) is 5.39. The number of hydrogen-bond donors (Lipinski definition) is 2. The fourth-order valence-electron chi connectivity index (χ4n) is 2.40. The van der Waals surface area contributed by atoms with Crippen molar-refractivity contribution in [3.8, 4) is 5.75 Å². The second-order valence-corrected chi connectivity index (χ2v) is 5.39. The van der Waals surface area contributed by atoms with Crippen LogP contribution in [0.25, 0.3) is 10.9 Å². The molecular weight excluding hydrogens is 330 g/mol. The number of carbonyl (C=O) groups is 1. The molecule has 0 aliphatic carbocycles. The van der Waals surface area contributed by atoms with E-state index in [4.69, 9.17) is 4.74 Å². The first-order valence-electron chi connectivity index (χ1n) is 7.41. The number of fused-ring (bicyclic) bond motifs is 1. The van der Waals surface area contributed by atoms with Crippen molar-refractivity contribution in [2.24, 2.45) is 0 Å². The number of aromatic amines is 1. The third kappa shape index (κ3) is 3.50. The van der Waals surface area contributed by atoms with E-state index in [0.29, 0.717) is 16.8 Å². The number of H-pyrrole nitrogens is 1. The first-order chi connectivity index (χ1) is 12.0. The molecule has 3 aromatic rings. The molecule has 128 valence electrons. The van der Waals surface area contributed by atoms with Gasteiger partial charge in [-0.15, -0.1) is 0 Å². The molecule has 0 saturated heterocycles. The summed E-state index contributed by atoms with van der Waals surface area (Å²) in [5.41, 5.74) is 0.596. The van der Waals surface area contributed by atoms with Gasteiger partial charge >= 0.3 is 0 Å². The molecule has 1 aromatic heterocycles. The lowest BCUT2D eigenvalue weighted by Gasteiger charge is -2.07. The Hall–Kier alpha value is -3.22. The molecule has 0 atom stereocenters. The molecule has 0 aliphatic rings. The van der Waals surface area contributed by atoms with Crippen molar-refractivity contribution in [3.63, 3.8) is 0 Å². The van der Waals surface area contributed by atoms with Gasteiger partial charge in [-0.25, -0.2) is 8.78 Å². The Bertz CT molecular complexity index is 1010. The van der Waals surface area contributed by atoms with Gasteiger partial charge in [-0.05, 0) is 42.5 Å². The van der Waals surface area contributed by atoms with E-state index in [2.05, 4.69) is 10.3 Å². The maximum Gasteiger partial charge on any atom is 0.253 e. The first kappa shape index (κ1) is 16.6. The molecule has 0 aliphatic heterocycles. The Morgan fingerprint density at radius 2 is 1.92 bits per heavy atom. The summed E-state index contributed by atoms with van der Waals surface area (Å²) < 4.78 is 31.2. The molecule has 7 heteroatoms. The molecule has 3 rings (SSSR count). The molecule has 0 spiro atoms. The summed E-state index contributed by atoms with van der Waals surface area (Å²) in [5, 5.41) is 3.26. The second kappa shape index (κ2) is 6.72. The summed E-state index contributed by atoms with van der Waals surface area (Å²) in [6.07, 6.45) is 0. The van der Waals surface area contributed by atoms with Gasteiger partial charge in [0.05, 0.1) is 7.11 Å². The number of ether oxygens (including phenoxy) is 1. The largest absolute Gasteiger partial charge is 0.497 e.